The van der Waals surface area contributed by atoms with Crippen LogP contribution in [-0.4, -0.2) is 38.3 Å². The molecule has 0 unspecified atom stereocenters. The molecule has 0 radical (unpaired) electrons. The maximum atomic E-state index is 12.2. The third-order valence-electron chi connectivity index (χ3n) is 6.41. The van der Waals surface area contributed by atoms with Gasteiger partial charge in [0.1, 0.15) is 0 Å². The highest BCUT2D eigenvalue weighted by atomic mass is 16.5. The van der Waals surface area contributed by atoms with Gasteiger partial charge in [-0.05, 0) is 68.4 Å². The summed E-state index contributed by atoms with van der Waals surface area (Å²) in [6.07, 6.45) is 8.19. The van der Waals surface area contributed by atoms with E-state index in [2.05, 4.69) is 28.1 Å². The molecular formula is C21H31N3O2. The van der Waals surface area contributed by atoms with Crippen LogP contribution in [0.3, 0.4) is 0 Å². The van der Waals surface area contributed by atoms with Gasteiger partial charge < -0.3 is 20.7 Å². The van der Waals surface area contributed by atoms with Crippen LogP contribution in [-0.2, 0) is 9.53 Å². The Hall–Kier alpha value is -1.59. The highest BCUT2D eigenvalue weighted by molar-refractivity contribution is 5.95. The number of benzene rings is 1. The fourth-order valence-corrected chi connectivity index (χ4v) is 5.82. The molecule has 142 valence electrons. The number of hydrogen-bond donors (Lipinski definition) is 3. The molecule has 1 amide bonds. The molecule has 4 aliphatic carbocycles. The first-order valence-corrected chi connectivity index (χ1v) is 10.0. The summed E-state index contributed by atoms with van der Waals surface area (Å²) >= 11 is 0. The molecule has 3 N–H and O–H groups in total. The Labute approximate surface area is 156 Å². The molecule has 0 spiro atoms. The van der Waals surface area contributed by atoms with E-state index in [4.69, 9.17) is 4.74 Å². The minimum Gasteiger partial charge on any atom is -0.383 e. The van der Waals surface area contributed by atoms with Crippen LogP contribution in [0.5, 0.6) is 0 Å². The lowest BCUT2D eigenvalue weighted by atomic mass is 9.53. The van der Waals surface area contributed by atoms with E-state index < -0.39 is 0 Å². The number of ether oxygens (including phenoxy) is 1. The summed E-state index contributed by atoms with van der Waals surface area (Å²) in [7, 11) is 1.66. The van der Waals surface area contributed by atoms with E-state index in [0.29, 0.717) is 19.7 Å². The quantitative estimate of drug-likeness (QED) is 0.625. The average molecular weight is 357 g/mol. The van der Waals surface area contributed by atoms with Crippen LogP contribution in [0.15, 0.2) is 24.3 Å². The van der Waals surface area contributed by atoms with Crippen molar-refractivity contribution in [3.05, 3.63) is 24.3 Å². The van der Waals surface area contributed by atoms with Crippen molar-refractivity contribution in [3.63, 3.8) is 0 Å². The molecule has 5 nitrogen and oxygen atoms in total. The molecule has 1 aromatic carbocycles. The first kappa shape index (κ1) is 17.8. The summed E-state index contributed by atoms with van der Waals surface area (Å²) < 4.78 is 4.99. The van der Waals surface area contributed by atoms with Crippen LogP contribution in [0, 0.1) is 17.8 Å². The highest BCUT2D eigenvalue weighted by Crippen LogP contribution is 2.56. The summed E-state index contributed by atoms with van der Waals surface area (Å²) in [5.74, 6) is 2.70. The summed E-state index contributed by atoms with van der Waals surface area (Å²) in [4.78, 5) is 12.2. The van der Waals surface area contributed by atoms with Gasteiger partial charge in [0.05, 0.1) is 24.5 Å². The summed E-state index contributed by atoms with van der Waals surface area (Å²) in [5.41, 5.74) is 2.20. The van der Waals surface area contributed by atoms with Gasteiger partial charge >= 0.3 is 0 Å². The van der Waals surface area contributed by atoms with Crippen molar-refractivity contribution in [2.45, 2.75) is 44.1 Å². The SMILES string of the molecule is COCCNCC(=O)Nc1ccccc1NC12CC3CC(CC(C3)C1)C2. The van der Waals surface area contributed by atoms with Crippen molar-refractivity contribution >= 4 is 17.3 Å². The number of carbonyl (C=O) groups excluding carboxylic acids is 1. The molecule has 5 rings (SSSR count). The number of nitrogens with one attached hydrogen (secondary N) is 3. The Kier molecular flexibility index (Phi) is 5.18. The number of carbonyl (C=O) groups is 1. The molecule has 0 aliphatic heterocycles. The maximum Gasteiger partial charge on any atom is 0.238 e. The zero-order chi connectivity index (χ0) is 18.0. The van der Waals surface area contributed by atoms with Gasteiger partial charge in [0.2, 0.25) is 5.91 Å². The molecule has 0 aromatic heterocycles. The van der Waals surface area contributed by atoms with Crippen LogP contribution >= 0.6 is 0 Å². The standard InChI is InChI=1S/C21H31N3O2/c1-26-7-6-22-14-20(25)23-18-4-2-3-5-19(18)24-21-11-15-8-16(12-21)10-17(9-15)13-21/h2-5,15-17,22,24H,6-14H2,1H3,(H,23,25). The Morgan fingerprint density at radius 1 is 1.08 bits per heavy atom. The van der Waals surface area contributed by atoms with Gasteiger partial charge in [-0.2, -0.15) is 0 Å². The third-order valence-corrected chi connectivity index (χ3v) is 6.41. The monoisotopic (exact) mass is 357 g/mol. The minimum absolute atomic E-state index is 0.0131. The maximum absolute atomic E-state index is 12.2. The Morgan fingerprint density at radius 3 is 2.31 bits per heavy atom. The molecule has 0 saturated heterocycles. The zero-order valence-corrected chi connectivity index (χ0v) is 15.7. The molecule has 0 atom stereocenters. The normalized spacial score (nSPS) is 31.8. The van der Waals surface area contributed by atoms with E-state index in [9.17, 15) is 4.79 Å². The number of hydrogen-bond acceptors (Lipinski definition) is 4. The van der Waals surface area contributed by atoms with Gasteiger partial charge in [-0.1, -0.05) is 12.1 Å². The lowest BCUT2D eigenvalue weighted by molar-refractivity contribution is -0.115. The van der Waals surface area contributed by atoms with Crippen molar-refractivity contribution < 1.29 is 9.53 Å². The second kappa shape index (κ2) is 7.57. The van der Waals surface area contributed by atoms with E-state index in [1.807, 2.05) is 12.1 Å². The number of anilines is 2. The number of para-hydroxylation sites is 2. The van der Waals surface area contributed by atoms with Crippen LogP contribution in [0.1, 0.15) is 38.5 Å². The smallest absolute Gasteiger partial charge is 0.238 e. The van der Waals surface area contributed by atoms with Crippen molar-refractivity contribution in [1.82, 2.24) is 5.32 Å². The van der Waals surface area contributed by atoms with Gasteiger partial charge in [-0.15, -0.1) is 0 Å². The molecular weight excluding hydrogens is 326 g/mol. The second-order valence-corrected chi connectivity index (χ2v) is 8.59. The highest BCUT2D eigenvalue weighted by Gasteiger charge is 2.51. The molecule has 4 aliphatic rings. The molecule has 4 saturated carbocycles. The molecule has 4 fully saturated rings. The van der Waals surface area contributed by atoms with E-state index in [-0.39, 0.29) is 11.4 Å². The van der Waals surface area contributed by atoms with Crippen LogP contribution < -0.4 is 16.0 Å². The molecule has 5 heteroatoms. The van der Waals surface area contributed by atoms with Crippen LogP contribution in [0.25, 0.3) is 0 Å². The lowest BCUT2D eigenvalue weighted by Gasteiger charge is -2.57. The van der Waals surface area contributed by atoms with Crippen molar-refractivity contribution in [2.75, 3.05) is 37.4 Å². The first-order valence-electron chi connectivity index (χ1n) is 10.0. The molecule has 4 bridgehead atoms. The Bertz CT molecular complexity index is 611. The zero-order valence-electron chi connectivity index (χ0n) is 15.7. The largest absolute Gasteiger partial charge is 0.383 e. The van der Waals surface area contributed by atoms with Crippen molar-refractivity contribution in [3.8, 4) is 0 Å². The summed E-state index contributed by atoms with van der Waals surface area (Å²) in [5, 5.41) is 10.0. The first-order chi connectivity index (χ1) is 12.7. The lowest BCUT2D eigenvalue weighted by Crippen LogP contribution is -2.54. The van der Waals surface area contributed by atoms with Gasteiger partial charge in [0.15, 0.2) is 0 Å². The fraction of sp³-hybridized carbons (Fsp3) is 0.667. The van der Waals surface area contributed by atoms with Gasteiger partial charge in [-0.25, -0.2) is 0 Å². The topological polar surface area (TPSA) is 62.4 Å². The fourth-order valence-electron chi connectivity index (χ4n) is 5.82. The Morgan fingerprint density at radius 2 is 1.69 bits per heavy atom. The number of methoxy groups -OCH3 is 1. The predicted octanol–water partition coefficient (Wildman–Crippen LogP) is 3.24. The third kappa shape index (κ3) is 3.89. The van der Waals surface area contributed by atoms with E-state index >= 15 is 0 Å². The van der Waals surface area contributed by atoms with Crippen molar-refractivity contribution in [1.29, 1.82) is 0 Å². The number of amides is 1. The number of rotatable bonds is 8. The molecule has 1 aromatic rings. The second-order valence-electron chi connectivity index (χ2n) is 8.59. The van der Waals surface area contributed by atoms with Crippen LogP contribution in [0.4, 0.5) is 11.4 Å². The van der Waals surface area contributed by atoms with Gasteiger partial charge in [-0.3, -0.25) is 4.79 Å². The van der Waals surface area contributed by atoms with Crippen molar-refractivity contribution in [2.24, 2.45) is 17.8 Å². The van der Waals surface area contributed by atoms with Gasteiger partial charge in [0, 0.05) is 19.2 Å². The Balaban J connectivity index is 1.41. The molecule has 26 heavy (non-hydrogen) atoms. The van der Waals surface area contributed by atoms with E-state index in [1.165, 1.54) is 38.5 Å². The predicted molar refractivity (Wildman–Crippen MR) is 104 cm³/mol. The van der Waals surface area contributed by atoms with Gasteiger partial charge in [0.25, 0.3) is 0 Å². The van der Waals surface area contributed by atoms with E-state index in [1.54, 1.807) is 7.11 Å². The summed E-state index contributed by atoms with van der Waals surface area (Å²) in [6.45, 7) is 1.59. The van der Waals surface area contributed by atoms with Crippen LogP contribution in [0.2, 0.25) is 0 Å². The van der Waals surface area contributed by atoms with E-state index in [0.717, 1.165) is 29.1 Å². The average Bonchev–Trinajstić information content (AvgIpc) is 2.59. The summed E-state index contributed by atoms with van der Waals surface area (Å²) in [6, 6.07) is 8.14. The molecule has 0 heterocycles. The minimum atomic E-state index is -0.0131.